The molecule has 0 aliphatic carbocycles. The van der Waals surface area contributed by atoms with E-state index >= 15 is 0 Å². The van der Waals surface area contributed by atoms with Gasteiger partial charge in [-0.2, -0.15) is 9.41 Å². The molecule has 34 heavy (non-hydrogen) atoms. The first-order valence-corrected chi connectivity index (χ1v) is 12.2. The zero-order valence-electron chi connectivity index (χ0n) is 18.1. The number of hydrazone groups is 1. The van der Waals surface area contributed by atoms with Crippen LogP contribution in [0.25, 0.3) is 0 Å². The van der Waals surface area contributed by atoms with E-state index in [0.29, 0.717) is 28.5 Å². The molecule has 1 aliphatic heterocycles. The number of carbonyl (C=O) groups excluding carboxylic acids is 1. The number of fused-ring (bicyclic) bond motifs is 1. The highest BCUT2D eigenvalue weighted by Gasteiger charge is 2.37. The molecule has 4 rings (SSSR count). The number of nitrogens with one attached hydrogen (secondary N) is 1. The van der Waals surface area contributed by atoms with Crippen LogP contribution in [0.4, 0.5) is 0 Å². The minimum absolute atomic E-state index is 0.00932. The summed E-state index contributed by atoms with van der Waals surface area (Å²) in [5.74, 6) is 0.286. The van der Waals surface area contributed by atoms with Gasteiger partial charge in [0.25, 0.3) is 5.91 Å². The van der Waals surface area contributed by atoms with E-state index < -0.39 is 22.0 Å². The third-order valence-corrected chi connectivity index (χ3v) is 7.45. The second-order valence-corrected chi connectivity index (χ2v) is 9.78. The summed E-state index contributed by atoms with van der Waals surface area (Å²) in [4.78, 5) is 13.2. The molecule has 0 saturated heterocycles. The van der Waals surface area contributed by atoms with Crippen LogP contribution in [0.15, 0.2) is 82.8 Å². The van der Waals surface area contributed by atoms with E-state index in [2.05, 4.69) is 17.2 Å². The predicted octanol–water partition coefficient (Wildman–Crippen LogP) is 3.78. The van der Waals surface area contributed by atoms with Crippen molar-refractivity contribution in [2.45, 2.75) is 17.4 Å². The minimum atomic E-state index is -4.13. The maximum atomic E-state index is 13.8. The van der Waals surface area contributed by atoms with Crippen LogP contribution in [-0.4, -0.2) is 38.7 Å². The number of ether oxygens (including phenoxy) is 2. The monoisotopic (exact) mass is 499 g/mol. The van der Waals surface area contributed by atoms with Crippen molar-refractivity contribution < 1.29 is 22.7 Å². The average molecular weight is 500 g/mol. The molecule has 0 aromatic heterocycles. The van der Waals surface area contributed by atoms with E-state index in [1.807, 2.05) is 30.3 Å². The lowest BCUT2D eigenvalue weighted by atomic mass is 10.0. The number of nitrogens with zero attached hydrogens (tertiary/aromatic N) is 2. The number of carbonyl (C=O) groups is 1. The molecule has 1 N–H and O–H groups in total. The summed E-state index contributed by atoms with van der Waals surface area (Å²) in [6.45, 7) is 3.38. The van der Waals surface area contributed by atoms with Crippen LogP contribution in [-0.2, 0) is 21.2 Å². The molecule has 8 nitrogen and oxygen atoms in total. The third kappa shape index (κ3) is 5.06. The maximum Gasteiger partial charge on any atom is 0.263 e. The molecule has 1 heterocycles. The summed E-state index contributed by atoms with van der Waals surface area (Å²) in [5, 5.41) is 3.88. The molecule has 0 saturated carbocycles. The lowest BCUT2D eigenvalue weighted by molar-refractivity contribution is -0.125. The molecule has 10 heteroatoms. The summed E-state index contributed by atoms with van der Waals surface area (Å²) < 4.78 is 39.6. The van der Waals surface area contributed by atoms with Crippen molar-refractivity contribution in [2.75, 3.05) is 13.3 Å². The molecule has 0 spiro atoms. The smallest absolute Gasteiger partial charge is 0.263 e. The van der Waals surface area contributed by atoms with Gasteiger partial charge in [0.2, 0.25) is 16.8 Å². The van der Waals surface area contributed by atoms with Gasteiger partial charge in [-0.15, -0.1) is 0 Å². The van der Waals surface area contributed by atoms with Gasteiger partial charge < -0.3 is 9.47 Å². The number of benzene rings is 3. The summed E-state index contributed by atoms with van der Waals surface area (Å²) in [6.07, 6.45) is 0.378. The lowest BCUT2D eigenvalue weighted by Gasteiger charge is -2.30. The lowest BCUT2D eigenvalue weighted by Crippen LogP contribution is -2.43. The molecule has 0 fully saturated rings. The van der Waals surface area contributed by atoms with Crippen molar-refractivity contribution >= 4 is 34.2 Å². The highest BCUT2D eigenvalue weighted by molar-refractivity contribution is 7.89. The Morgan fingerprint density at radius 2 is 1.76 bits per heavy atom. The van der Waals surface area contributed by atoms with Crippen LogP contribution in [0.5, 0.6) is 11.5 Å². The number of hydrogen-bond donors (Lipinski definition) is 1. The number of rotatable bonds is 9. The van der Waals surface area contributed by atoms with Crippen molar-refractivity contribution in [1.82, 2.24) is 9.73 Å². The third-order valence-electron chi connectivity index (χ3n) is 5.32. The van der Waals surface area contributed by atoms with Gasteiger partial charge in [0.1, 0.15) is 6.04 Å². The first-order chi connectivity index (χ1) is 16.4. The molecule has 1 aliphatic rings. The van der Waals surface area contributed by atoms with Gasteiger partial charge in [-0.25, -0.2) is 13.8 Å². The van der Waals surface area contributed by atoms with Crippen LogP contribution in [0.3, 0.4) is 0 Å². The van der Waals surface area contributed by atoms with Crippen molar-refractivity contribution in [2.24, 2.45) is 5.10 Å². The quantitative estimate of drug-likeness (QED) is 0.357. The second-order valence-electron chi connectivity index (χ2n) is 7.45. The topological polar surface area (TPSA) is 97.3 Å². The number of amides is 1. The molecular formula is C24H22ClN3O5S. The molecule has 1 amide bonds. The van der Waals surface area contributed by atoms with Crippen LogP contribution < -0.4 is 14.9 Å². The summed E-state index contributed by atoms with van der Waals surface area (Å²) >= 11 is 5.97. The van der Waals surface area contributed by atoms with Gasteiger partial charge in [-0.3, -0.25) is 4.79 Å². The fourth-order valence-corrected chi connectivity index (χ4v) is 5.39. The molecule has 3 aromatic rings. The molecular weight excluding hydrogens is 478 g/mol. The molecule has 0 bridgehead atoms. The zero-order valence-corrected chi connectivity index (χ0v) is 19.6. The van der Waals surface area contributed by atoms with E-state index in [9.17, 15) is 13.2 Å². The van der Waals surface area contributed by atoms with Crippen molar-refractivity contribution in [3.8, 4) is 11.5 Å². The summed E-state index contributed by atoms with van der Waals surface area (Å²) in [6, 6.07) is 18.8. The Balaban J connectivity index is 1.80. The van der Waals surface area contributed by atoms with Gasteiger partial charge in [0, 0.05) is 18.3 Å². The predicted molar refractivity (Wildman–Crippen MR) is 128 cm³/mol. The van der Waals surface area contributed by atoms with E-state index in [1.165, 1.54) is 24.3 Å². The van der Waals surface area contributed by atoms with E-state index in [4.69, 9.17) is 21.1 Å². The second kappa shape index (κ2) is 10.3. The summed E-state index contributed by atoms with van der Waals surface area (Å²) in [7, 11) is -4.13. The fraction of sp³-hybridized carbons (Fsp3) is 0.167. The highest BCUT2D eigenvalue weighted by atomic mass is 35.5. The standard InChI is InChI=1S/C24H22ClN3O5S/c1-26-27-24(29)23(18-7-12-21-22(15-18)33-16-32-21)28(14-13-17-5-3-2-4-6-17)34(30,31)20-10-8-19(25)9-11-20/h2-12,15,23H,1,13-14,16H2,(H,27,29). The summed E-state index contributed by atoms with van der Waals surface area (Å²) in [5.41, 5.74) is 3.62. The van der Waals surface area contributed by atoms with Crippen molar-refractivity contribution in [3.63, 3.8) is 0 Å². The Morgan fingerprint density at radius 1 is 1.06 bits per heavy atom. The fourth-order valence-electron chi connectivity index (χ4n) is 3.68. The van der Waals surface area contributed by atoms with Crippen LogP contribution in [0.2, 0.25) is 5.02 Å². The average Bonchev–Trinajstić information content (AvgIpc) is 3.30. The first kappa shape index (κ1) is 23.7. The van der Waals surface area contributed by atoms with E-state index in [0.717, 1.165) is 9.87 Å². The maximum absolute atomic E-state index is 13.8. The van der Waals surface area contributed by atoms with Crippen LogP contribution >= 0.6 is 11.6 Å². The number of halogens is 1. The molecule has 1 atom stereocenters. The Kier molecular flexibility index (Phi) is 7.16. The minimum Gasteiger partial charge on any atom is -0.454 e. The van der Waals surface area contributed by atoms with Gasteiger partial charge in [-0.05, 0) is 53.9 Å². The Morgan fingerprint density at radius 3 is 2.47 bits per heavy atom. The molecule has 1 unspecified atom stereocenters. The first-order valence-electron chi connectivity index (χ1n) is 10.4. The normalized spacial score (nSPS) is 13.5. The molecule has 0 radical (unpaired) electrons. The van der Waals surface area contributed by atoms with Gasteiger partial charge in [0.15, 0.2) is 11.5 Å². The van der Waals surface area contributed by atoms with Crippen molar-refractivity contribution in [1.29, 1.82) is 0 Å². The number of hydrogen-bond acceptors (Lipinski definition) is 6. The van der Waals surface area contributed by atoms with Gasteiger partial charge >= 0.3 is 0 Å². The molecule has 3 aromatic carbocycles. The number of sulfonamides is 1. The highest BCUT2D eigenvalue weighted by Crippen LogP contribution is 2.37. The SMILES string of the molecule is C=NNC(=O)C(c1ccc2c(c1)OCO2)N(CCc1ccccc1)S(=O)(=O)c1ccc(Cl)cc1. The van der Waals surface area contributed by atoms with Crippen molar-refractivity contribution in [3.05, 3.63) is 88.9 Å². The van der Waals surface area contributed by atoms with Gasteiger partial charge in [0.05, 0.1) is 4.90 Å². The largest absolute Gasteiger partial charge is 0.454 e. The van der Waals surface area contributed by atoms with Crippen LogP contribution in [0, 0.1) is 0 Å². The Hall–Kier alpha value is -3.40. The van der Waals surface area contributed by atoms with Gasteiger partial charge in [-0.1, -0.05) is 48.0 Å². The Bertz CT molecular complexity index is 1280. The molecule has 176 valence electrons. The van der Waals surface area contributed by atoms with Crippen LogP contribution in [0.1, 0.15) is 17.2 Å². The zero-order chi connectivity index (χ0) is 24.1. The van der Waals surface area contributed by atoms with E-state index in [1.54, 1.807) is 18.2 Å². The van der Waals surface area contributed by atoms with E-state index in [-0.39, 0.29) is 18.2 Å². The Labute approximate surface area is 202 Å².